The van der Waals surface area contributed by atoms with E-state index in [9.17, 15) is 10.2 Å². The third kappa shape index (κ3) is 6.57. The molecule has 0 spiro atoms. The molecule has 0 bridgehead atoms. The predicted octanol–water partition coefficient (Wildman–Crippen LogP) is 3.00. The summed E-state index contributed by atoms with van der Waals surface area (Å²) in [5.74, 6) is 0. The average molecular weight is 623 g/mol. The molecule has 4 fully saturated rings. The largest absolute Gasteiger partial charge is 0.385 e. The normalized spacial score (nSPS) is 38.2. The lowest BCUT2D eigenvalue weighted by molar-refractivity contribution is -0.406. The Morgan fingerprint density at radius 3 is 1.67 bits per heavy atom. The zero-order chi connectivity index (χ0) is 30.8. The minimum atomic E-state index is -1.29. The molecular weight excluding hydrogens is 584 g/mol. The maximum absolute atomic E-state index is 11.6. The quantitative estimate of drug-likeness (QED) is 0.386. The van der Waals surface area contributed by atoms with Crippen LogP contribution < -0.4 is 0 Å². The van der Waals surface area contributed by atoms with Gasteiger partial charge in [-0.05, 0) is 5.56 Å². The number of ether oxygens (including phenoxy) is 9. The Bertz CT molecular complexity index is 1350. The monoisotopic (exact) mass is 622 g/mol. The molecule has 11 nitrogen and oxygen atoms in total. The zero-order valence-electron chi connectivity index (χ0n) is 24.8. The number of benzene rings is 3. The van der Waals surface area contributed by atoms with E-state index in [1.807, 2.05) is 91.0 Å². The number of aliphatic hydroxyl groups is 2. The third-order valence-corrected chi connectivity index (χ3v) is 8.58. The molecular formula is C34H38O11. The van der Waals surface area contributed by atoms with Crippen molar-refractivity contribution in [3.05, 3.63) is 108 Å². The predicted molar refractivity (Wildman–Crippen MR) is 156 cm³/mol. The van der Waals surface area contributed by atoms with Crippen LogP contribution in [0.25, 0.3) is 0 Å². The number of methoxy groups -OCH3 is 1. The Morgan fingerprint density at radius 1 is 0.622 bits per heavy atom. The van der Waals surface area contributed by atoms with Gasteiger partial charge in [-0.1, -0.05) is 91.0 Å². The van der Waals surface area contributed by atoms with Crippen LogP contribution in [-0.2, 0) is 49.2 Å². The van der Waals surface area contributed by atoms with Crippen LogP contribution in [0.4, 0.5) is 0 Å². The van der Waals surface area contributed by atoms with E-state index in [1.165, 1.54) is 7.11 Å². The highest BCUT2D eigenvalue weighted by Crippen LogP contribution is 2.39. The molecule has 2 N–H and O–H groups in total. The summed E-state index contributed by atoms with van der Waals surface area (Å²) in [6.07, 6.45) is -10.6. The van der Waals surface area contributed by atoms with Crippen LogP contribution in [0.5, 0.6) is 0 Å². The standard InChI is InChI=1S/C34H38O11/c1-37-29-25(35)34(42-23-18-39-31(43-27(23)29)21-13-7-3-8-14-21)45-30-26(36)33(38-17-20-11-5-2-6-12-20)41-24-19-40-32(44-28(24)30)22-15-9-4-10-16-22/h2-16,23-36H,17-19H2,1H3/t23?,24?,25?,26?,27-,28-,29-,30-,31?,32?,33+,34+/m1/s1. The Morgan fingerprint density at radius 2 is 1.11 bits per heavy atom. The van der Waals surface area contributed by atoms with Crippen molar-refractivity contribution in [2.24, 2.45) is 0 Å². The molecule has 4 heterocycles. The third-order valence-electron chi connectivity index (χ3n) is 8.58. The molecule has 11 heteroatoms. The second kappa shape index (κ2) is 13.9. The van der Waals surface area contributed by atoms with Crippen molar-refractivity contribution in [1.82, 2.24) is 0 Å². The molecule has 45 heavy (non-hydrogen) atoms. The molecule has 4 aliphatic heterocycles. The van der Waals surface area contributed by atoms with E-state index < -0.39 is 74.0 Å². The Kier molecular flexibility index (Phi) is 9.54. The lowest BCUT2D eigenvalue weighted by Gasteiger charge is -2.51. The van der Waals surface area contributed by atoms with Gasteiger partial charge in [-0.15, -0.1) is 0 Å². The summed E-state index contributed by atoms with van der Waals surface area (Å²) >= 11 is 0. The minimum absolute atomic E-state index is 0.171. The van der Waals surface area contributed by atoms with Crippen LogP contribution in [0.3, 0.4) is 0 Å². The van der Waals surface area contributed by atoms with E-state index in [1.54, 1.807) is 0 Å². The smallest absolute Gasteiger partial charge is 0.187 e. The first-order chi connectivity index (χ1) is 22.1. The van der Waals surface area contributed by atoms with E-state index in [-0.39, 0.29) is 19.8 Å². The van der Waals surface area contributed by atoms with E-state index in [0.29, 0.717) is 0 Å². The van der Waals surface area contributed by atoms with Gasteiger partial charge in [-0.3, -0.25) is 0 Å². The van der Waals surface area contributed by atoms with Crippen molar-refractivity contribution in [1.29, 1.82) is 0 Å². The molecule has 3 aromatic carbocycles. The first-order valence-electron chi connectivity index (χ1n) is 15.2. The summed E-state index contributed by atoms with van der Waals surface area (Å²) in [4.78, 5) is 0. The fourth-order valence-corrected chi connectivity index (χ4v) is 6.27. The van der Waals surface area contributed by atoms with Gasteiger partial charge in [0, 0.05) is 18.2 Å². The highest BCUT2D eigenvalue weighted by Gasteiger charge is 2.55. The van der Waals surface area contributed by atoms with Gasteiger partial charge in [0.25, 0.3) is 0 Å². The van der Waals surface area contributed by atoms with E-state index in [0.717, 1.165) is 16.7 Å². The second-order valence-electron chi connectivity index (χ2n) is 11.5. The number of fused-ring (bicyclic) bond motifs is 2. The van der Waals surface area contributed by atoms with E-state index in [2.05, 4.69) is 0 Å². The maximum Gasteiger partial charge on any atom is 0.187 e. The van der Waals surface area contributed by atoms with Gasteiger partial charge in [-0.2, -0.15) is 0 Å². The van der Waals surface area contributed by atoms with Crippen LogP contribution in [-0.4, -0.2) is 91.9 Å². The molecule has 0 aliphatic carbocycles. The molecule has 12 atom stereocenters. The van der Waals surface area contributed by atoms with Gasteiger partial charge in [0.1, 0.15) is 48.8 Å². The van der Waals surface area contributed by atoms with Crippen molar-refractivity contribution in [2.75, 3.05) is 20.3 Å². The number of aliphatic hydroxyl groups excluding tert-OH is 2. The molecule has 0 saturated carbocycles. The fourth-order valence-electron chi connectivity index (χ4n) is 6.27. The number of rotatable bonds is 8. The zero-order valence-corrected chi connectivity index (χ0v) is 24.8. The summed E-state index contributed by atoms with van der Waals surface area (Å²) in [5.41, 5.74) is 2.58. The van der Waals surface area contributed by atoms with Crippen LogP contribution in [0, 0.1) is 0 Å². The molecule has 240 valence electrons. The van der Waals surface area contributed by atoms with Gasteiger partial charge >= 0.3 is 0 Å². The lowest BCUT2D eigenvalue weighted by atomic mass is 9.95. The molecule has 4 aliphatic rings. The fraction of sp³-hybridized carbons (Fsp3) is 0.471. The van der Waals surface area contributed by atoms with E-state index >= 15 is 0 Å². The van der Waals surface area contributed by atoms with E-state index in [4.69, 9.17) is 42.6 Å². The first kappa shape index (κ1) is 30.9. The van der Waals surface area contributed by atoms with Crippen molar-refractivity contribution in [2.45, 2.75) is 80.6 Å². The number of hydrogen-bond donors (Lipinski definition) is 2. The van der Waals surface area contributed by atoms with Crippen LogP contribution >= 0.6 is 0 Å². The molecule has 3 aromatic rings. The highest BCUT2D eigenvalue weighted by atomic mass is 16.8. The van der Waals surface area contributed by atoms with Crippen LogP contribution in [0.15, 0.2) is 91.0 Å². The molecule has 7 rings (SSSR count). The number of hydrogen-bond acceptors (Lipinski definition) is 11. The van der Waals surface area contributed by atoms with Crippen LogP contribution in [0.2, 0.25) is 0 Å². The summed E-state index contributed by atoms with van der Waals surface area (Å²) in [5, 5.41) is 23.1. The van der Waals surface area contributed by atoms with Gasteiger partial charge in [0.2, 0.25) is 0 Å². The molecule has 0 radical (unpaired) electrons. The van der Waals surface area contributed by atoms with Gasteiger partial charge in [0.05, 0.1) is 19.8 Å². The van der Waals surface area contributed by atoms with Crippen molar-refractivity contribution in [3.63, 3.8) is 0 Å². The van der Waals surface area contributed by atoms with Gasteiger partial charge in [0.15, 0.2) is 25.2 Å². The molecule has 0 amide bonds. The summed E-state index contributed by atoms with van der Waals surface area (Å²) in [6, 6.07) is 28.6. The summed E-state index contributed by atoms with van der Waals surface area (Å²) < 4.78 is 55.2. The Labute approximate surface area is 261 Å². The van der Waals surface area contributed by atoms with Crippen molar-refractivity contribution < 1.29 is 52.8 Å². The van der Waals surface area contributed by atoms with Crippen molar-refractivity contribution >= 4 is 0 Å². The molecule has 4 saturated heterocycles. The second-order valence-corrected chi connectivity index (χ2v) is 11.5. The summed E-state index contributed by atoms with van der Waals surface area (Å²) in [7, 11) is 1.50. The maximum atomic E-state index is 11.6. The van der Waals surface area contributed by atoms with Crippen LogP contribution in [0.1, 0.15) is 29.3 Å². The molecule has 6 unspecified atom stereocenters. The highest BCUT2D eigenvalue weighted by molar-refractivity contribution is 5.18. The Balaban J connectivity index is 1.10. The SMILES string of the molecule is CO[C@@H]1C(O)[C@H](O[C@@H]2C(O)[C@@H](OCc3ccccc3)OC3COC(c4ccccc4)O[C@H]32)OC2COC(c3ccccc3)O[C@H]21. The van der Waals surface area contributed by atoms with Crippen molar-refractivity contribution in [3.8, 4) is 0 Å². The molecule has 0 aromatic heterocycles. The average Bonchev–Trinajstić information content (AvgIpc) is 3.10. The van der Waals surface area contributed by atoms with Gasteiger partial charge in [-0.25, -0.2) is 0 Å². The Hall–Kier alpha value is -2.78. The van der Waals surface area contributed by atoms with Gasteiger partial charge < -0.3 is 52.8 Å². The lowest BCUT2D eigenvalue weighted by Crippen LogP contribution is -2.67. The minimum Gasteiger partial charge on any atom is -0.385 e. The first-order valence-corrected chi connectivity index (χ1v) is 15.2. The topological polar surface area (TPSA) is 124 Å². The summed E-state index contributed by atoms with van der Waals surface area (Å²) in [6.45, 7) is 0.558.